The Morgan fingerprint density at radius 2 is 1.31 bits per heavy atom. The molecule has 0 bridgehead atoms. The van der Waals surface area contributed by atoms with Crippen molar-refractivity contribution in [1.82, 2.24) is 20.4 Å². The molecule has 1 unspecified atom stereocenters. The molecule has 3 rings (SSSR count). The van der Waals surface area contributed by atoms with Gasteiger partial charge in [0.15, 0.2) is 23.2 Å². The molecule has 0 spiro atoms. The van der Waals surface area contributed by atoms with Crippen molar-refractivity contribution in [3.63, 3.8) is 0 Å². The van der Waals surface area contributed by atoms with Crippen LogP contribution >= 0.6 is 7.92 Å². The van der Waals surface area contributed by atoms with Crippen molar-refractivity contribution in [3.05, 3.63) is 94.4 Å². The van der Waals surface area contributed by atoms with E-state index in [4.69, 9.17) is 5.53 Å². The van der Waals surface area contributed by atoms with Gasteiger partial charge in [0.1, 0.15) is 5.78 Å². The van der Waals surface area contributed by atoms with Crippen LogP contribution < -0.4 is 10.6 Å². The highest BCUT2D eigenvalue weighted by Gasteiger charge is 2.08. The van der Waals surface area contributed by atoms with Gasteiger partial charge in [-0.25, -0.2) is 0 Å². The Balaban J connectivity index is 0. The van der Waals surface area contributed by atoms with Crippen molar-refractivity contribution in [2.45, 2.75) is 67.7 Å². The third-order valence-electron chi connectivity index (χ3n) is 5.23. The maximum absolute atomic E-state index is 10.9. The van der Waals surface area contributed by atoms with E-state index in [1.165, 1.54) is 35.4 Å². The Morgan fingerprint density at radius 1 is 0.833 bits per heavy atom. The monoisotopic (exact) mass is 593 g/mol. The smallest absolute Gasteiger partial charge is 0.180 e. The molecule has 0 saturated heterocycles. The van der Waals surface area contributed by atoms with Crippen LogP contribution in [0, 0.1) is 13.8 Å². The molecule has 42 heavy (non-hydrogen) atoms. The summed E-state index contributed by atoms with van der Waals surface area (Å²) in [7, 11) is 1.20. The number of carbonyl (C=O) groups excluding carboxylic acids is 3. The summed E-state index contributed by atoms with van der Waals surface area (Å²) in [5.74, 6) is 1.02. The van der Waals surface area contributed by atoms with E-state index in [9.17, 15) is 14.4 Å². The molecule has 1 atom stereocenters. The minimum Gasteiger partial charge on any atom is -0.299 e. The van der Waals surface area contributed by atoms with Gasteiger partial charge in [-0.2, -0.15) is 0 Å². The molecule has 0 radical (unpaired) electrons. The molecule has 3 aromatic rings. The zero-order chi connectivity index (χ0) is 31.0. The van der Waals surface area contributed by atoms with Crippen LogP contribution in [0.2, 0.25) is 0 Å². The highest BCUT2D eigenvalue weighted by atomic mass is 31.1. The molecule has 2 aromatic carbocycles. The van der Waals surface area contributed by atoms with Crippen molar-refractivity contribution in [3.8, 4) is 0 Å². The topological polar surface area (TPSA) is 152 Å². The standard InChI is InChI=1S/C14H15P.C8H12O2.C7H10N4O.CH3N3.CH4/c1-12-8-6-7-11-14(12)15(2)13-9-4-3-5-10-13;1-3-7(9)5-6-8(10)4-2;1-3-6(12)4-7-10-8-5(2)9-11-7;1-3-4-2;/h3-11H,1-2H3;5-6H,3-4H2,1-2H3;3-4H2,1-2H3;1H3;1H4/b;6-5-;;;. The van der Waals surface area contributed by atoms with Crippen LogP contribution in [0.3, 0.4) is 0 Å². The van der Waals surface area contributed by atoms with Gasteiger partial charge in [0.2, 0.25) is 0 Å². The molecular weight excluding hydrogens is 549 g/mol. The minimum atomic E-state index is -0.192. The molecule has 0 saturated carbocycles. The second-order valence-corrected chi connectivity index (χ2v) is 10.5. The first-order valence-electron chi connectivity index (χ1n) is 13.2. The van der Waals surface area contributed by atoms with E-state index in [0.29, 0.717) is 30.9 Å². The molecule has 0 N–H and O–H groups in total. The normalized spacial score (nSPS) is 10.1. The average Bonchev–Trinajstić information content (AvgIpc) is 3.01. The summed E-state index contributed by atoms with van der Waals surface area (Å²) in [6, 6.07) is 19.4. The summed E-state index contributed by atoms with van der Waals surface area (Å²) >= 11 is 0. The summed E-state index contributed by atoms with van der Waals surface area (Å²) in [6.45, 7) is 11.6. The van der Waals surface area contributed by atoms with Crippen molar-refractivity contribution >= 4 is 35.9 Å². The quantitative estimate of drug-likeness (QED) is 0.0939. The zero-order valence-electron chi connectivity index (χ0n) is 25.0. The number of aryl methyl sites for hydroxylation is 2. The average molecular weight is 594 g/mol. The molecule has 0 aliphatic heterocycles. The molecule has 0 fully saturated rings. The van der Waals surface area contributed by atoms with Gasteiger partial charge in [-0.05, 0) is 62.3 Å². The number of hydrogen-bond donors (Lipinski definition) is 0. The minimum absolute atomic E-state index is 0. The number of ketones is 3. The van der Waals surface area contributed by atoms with Gasteiger partial charge in [-0.15, -0.1) is 20.4 Å². The number of aromatic nitrogens is 4. The van der Waals surface area contributed by atoms with Gasteiger partial charge in [0.25, 0.3) is 0 Å². The predicted octanol–water partition coefficient (Wildman–Crippen LogP) is 6.22. The van der Waals surface area contributed by atoms with Gasteiger partial charge in [-0.3, -0.25) is 14.4 Å². The molecule has 0 amide bonds. The van der Waals surface area contributed by atoms with Gasteiger partial charge in [0.05, 0.1) is 6.42 Å². The van der Waals surface area contributed by atoms with Crippen LogP contribution in [0.4, 0.5) is 0 Å². The van der Waals surface area contributed by atoms with Gasteiger partial charge in [-0.1, -0.05) is 87.9 Å². The van der Waals surface area contributed by atoms with Gasteiger partial charge < -0.3 is 0 Å². The van der Waals surface area contributed by atoms with E-state index in [1.807, 2.05) is 0 Å². The number of benzene rings is 2. The lowest BCUT2D eigenvalue weighted by atomic mass is 10.2. The number of allylic oxidation sites excluding steroid dienone is 2. The predicted molar refractivity (Wildman–Crippen MR) is 173 cm³/mol. The lowest BCUT2D eigenvalue weighted by molar-refractivity contribution is -0.118. The molecule has 0 aliphatic rings. The molecule has 1 aromatic heterocycles. The van der Waals surface area contributed by atoms with E-state index < -0.39 is 0 Å². The van der Waals surface area contributed by atoms with Gasteiger partial charge in [0, 0.05) is 31.2 Å². The first-order chi connectivity index (χ1) is 19.6. The molecule has 10 nitrogen and oxygen atoms in total. The van der Waals surface area contributed by atoms with Crippen LogP contribution in [0.15, 0.2) is 71.9 Å². The second kappa shape index (κ2) is 24.6. The largest absolute Gasteiger partial charge is 0.299 e. The molecule has 0 aliphatic carbocycles. The van der Waals surface area contributed by atoms with E-state index >= 15 is 0 Å². The van der Waals surface area contributed by atoms with Crippen LogP contribution in [0.5, 0.6) is 0 Å². The van der Waals surface area contributed by atoms with Crippen LogP contribution in [0.25, 0.3) is 10.4 Å². The first-order valence-corrected chi connectivity index (χ1v) is 15.0. The van der Waals surface area contributed by atoms with Crippen molar-refractivity contribution in [2.24, 2.45) is 5.11 Å². The number of nitrogens with zero attached hydrogens (tertiary/aromatic N) is 7. The van der Waals surface area contributed by atoms with Gasteiger partial charge >= 0.3 is 0 Å². The van der Waals surface area contributed by atoms with Crippen molar-refractivity contribution in [2.75, 3.05) is 13.7 Å². The fourth-order valence-corrected chi connectivity index (χ4v) is 4.64. The van der Waals surface area contributed by atoms with E-state index in [0.717, 1.165) is 0 Å². The maximum atomic E-state index is 10.9. The first kappa shape index (κ1) is 40.0. The number of carbonyl (C=O) groups is 3. The Kier molecular flexibility index (Phi) is 23.5. The van der Waals surface area contributed by atoms with E-state index in [1.54, 1.807) is 27.7 Å². The second-order valence-electron chi connectivity index (χ2n) is 8.38. The maximum Gasteiger partial charge on any atom is 0.180 e. The lowest BCUT2D eigenvalue weighted by Gasteiger charge is -2.15. The van der Waals surface area contributed by atoms with Crippen LogP contribution in [-0.2, 0) is 20.8 Å². The number of rotatable bonds is 9. The number of azide groups is 1. The van der Waals surface area contributed by atoms with Crippen molar-refractivity contribution < 1.29 is 14.4 Å². The number of Topliss-reactive ketones (excluding diaryl/α,β-unsaturated/α-hetero) is 1. The Bertz CT molecular complexity index is 1260. The Hall–Kier alpha value is -4.13. The Labute approximate surface area is 251 Å². The lowest BCUT2D eigenvalue weighted by Crippen LogP contribution is -2.12. The summed E-state index contributed by atoms with van der Waals surface area (Å²) < 4.78 is 0. The summed E-state index contributed by atoms with van der Waals surface area (Å²) in [5.41, 5.74) is 8.73. The van der Waals surface area contributed by atoms with E-state index in [-0.39, 0.29) is 39.1 Å². The molecule has 1 heterocycles. The van der Waals surface area contributed by atoms with Crippen molar-refractivity contribution in [1.29, 1.82) is 0 Å². The fourth-order valence-electron chi connectivity index (χ4n) is 2.82. The fraction of sp³-hybridized carbons (Fsp3) is 0.387. The summed E-state index contributed by atoms with van der Waals surface area (Å²) in [5, 5.41) is 20.7. The van der Waals surface area contributed by atoms with Crippen LogP contribution in [-0.4, -0.2) is 51.5 Å². The molecular formula is C31H44N7O3P. The molecule has 226 valence electrons. The third kappa shape index (κ3) is 18.3. The third-order valence-corrected chi connectivity index (χ3v) is 7.53. The Morgan fingerprint density at radius 3 is 1.74 bits per heavy atom. The summed E-state index contributed by atoms with van der Waals surface area (Å²) in [4.78, 5) is 34.5. The number of hydrogen-bond acceptors (Lipinski definition) is 8. The summed E-state index contributed by atoms with van der Waals surface area (Å²) in [6.07, 6.45) is 4.34. The highest BCUT2D eigenvalue weighted by Crippen LogP contribution is 2.29. The SMILES string of the molecule is C.CCC(=O)/C=C\C(=O)CC.CCC(=O)Cc1nnc(C)nn1.CN=[N+]=[N-].Cc1ccccc1P(C)c1ccccc1. The zero-order valence-corrected chi connectivity index (χ0v) is 25.9. The molecule has 11 heteroatoms. The highest BCUT2D eigenvalue weighted by molar-refractivity contribution is 7.72. The van der Waals surface area contributed by atoms with E-state index in [2.05, 4.69) is 98.6 Å². The van der Waals surface area contributed by atoms with Crippen LogP contribution in [0.1, 0.15) is 64.7 Å².